The predicted molar refractivity (Wildman–Crippen MR) is 94.5 cm³/mol. The molecule has 2 saturated heterocycles. The molecule has 4 heteroatoms. The van der Waals surface area contributed by atoms with Gasteiger partial charge in [0, 0.05) is 19.2 Å². The summed E-state index contributed by atoms with van der Waals surface area (Å²) in [6.45, 7) is 7.99. The van der Waals surface area contributed by atoms with Gasteiger partial charge in [0.25, 0.3) is 0 Å². The minimum Gasteiger partial charge on any atom is -0.508 e. The minimum absolute atomic E-state index is 0. The largest absolute Gasteiger partial charge is 0.508 e. The van der Waals surface area contributed by atoms with E-state index in [0.717, 1.165) is 26.1 Å². The Morgan fingerprint density at radius 2 is 2.22 bits per heavy atom. The summed E-state index contributed by atoms with van der Waals surface area (Å²) in [4.78, 5) is 2.68. The van der Waals surface area contributed by atoms with E-state index in [1.54, 1.807) is 0 Å². The van der Waals surface area contributed by atoms with Gasteiger partial charge in [0.05, 0.1) is 6.10 Å². The molecule has 2 aliphatic heterocycles. The quantitative estimate of drug-likeness (QED) is 0.896. The van der Waals surface area contributed by atoms with Gasteiger partial charge in [0.1, 0.15) is 5.75 Å². The molecule has 23 heavy (non-hydrogen) atoms. The summed E-state index contributed by atoms with van der Waals surface area (Å²) in [7, 11) is 0. The lowest BCUT2D eigenvalue weighted by molar-refractivity contribution is -0.00671. The van der Waals surface area contributed by atoms with Crippen LogP contribution in [0.3, 0.4) is 0 Å². The Labute approximate surface area is 145 Å². The highest BCUT2D eigenvalue weighted by atomic mass is 35.5. The van der Waals surface area contributed by atoms with E-state index in [2.05, 4.69) is 24.8 Å². The molecule has 4 rings (SSSR count). The molecule has 4 atom stereocenters. The Morgan fingerprint density at radius 3 is 2.96 bits per heavy atom. The average molecular weight is 338 g/mol. The minimum atomic E-state index is 0. The first-order valence-electron chi connectivity index (χ1n) is 8.76. The number of phenolic OH excluding ortho intramolecular Hbond substituents is 1. The summed E-state index contributed by atoms with van der Waals surface area (Å²) in [6, 6.07) is 6.60. The van der Waals surface area contributed by atoms with Crippen molar-refractivity contribution in [3.05, 3.63) is 29.3 Å². The van der Waals surface area contributed by atoms with Crippen LogP contribution in [0.2, 0.25) is 0 Å². The van der Waals surface area contributed by atoms with E-state index < -0.39 is 0 Å². The van der Waals surface area contributed by atoms with Crippen LogP contribution in [0.15, 0.2) is 18.2 Å². The molecular weight excluding hydrogens is 310 g/mol. The molecule has 128 valence electrons. The average Bonchev–Trinajstić information content (AvgIpc) is 3.00. The molecule has 0 unspecified atom stereocenters. The molecule has 1 aliphatic carbocycles. The van der Waals surface area contributed by atoms with Crippen LogP contribution in [0.25, 0.3) is 0 Å². The summed E-state index contributed by atoms with van der Waals surface area (Å²) < 4.78 is 5.86. The van der Waals surface area contributed by atoms with Crippen LogP contribution < -0.4 is 0 Å². The number of nitrogens with zero attached hydrogens (tertiary/aromatic N) is 1. The Morgan fingerprint density at radius 1 is 1.39 bits per heavy atom. The number of benzene rings is 1. The molecule has 0 spiro atoms. The van der Waals surface area contributed by atoms with Gasteiger partial charge < -0.3 is 9.84 Å². The zero-order chi connectivity index (χ0) is 15.3. The molecule has 0 saturated carbocycles. The molecule has 1 aromatic carbocycles. The number of rotatable bonds is 2. The molecule has 2 heterocycles. The molecule has 0 radical (unpaired) electrons. The third-order valence-electron chi connectivity index (χ3n) is 6.57. The molecule has 3 aliphatic rings. The molecule has 0 aromatic heterocycles. The van der Waals surface area contributed by atoms with E-state index in [1.165, 1.54) is 30.4 Å². The van der Waals surface area contributed by atoms with Crippen molar-refractivity contribution in [1.82, 2.24) is 4.90 Å². The molecule has 0 amide bonds. The predicted octanol–water partition coefficient (Wildman–Crippen LogP) is 3.52. The van der Waals surface area contributed by atoms with Crippen molar-refractivity contribution in [2.24, 2.45) is 5.92 Å². The van der Waals surface area contributed by atoms with Gasteiger partial charge in [-0.05, 0) is 66.8 Å². The second-order valence-electron chi connectivity index (χ2n) is 7.70. The van der Waals surface area contributed by atoms with Gasteiger partial charge in [-0.1, -0.05) is 19.9 Å². The van der Waals surface area contributed by atoms with Crippen LogP contribution in [0.4, 0.5) is 0 Å². The summed E-state index contributed by atoms with van der Waals surface area (Å²) in [5.74, 6) is 1.03. The number of piperidine rings is 1. The van der Waals surface area contributed by atoms with E-state index in [9.17, 15) is 5.11 Å². The highest BCUT2D eigenvalue weighted by Crippen LogP contribution is 2.49. The molecule has 2 fully saturated rings. The van der Waals surface area contributed by atoms with Crippen LogP contribution in [-0.4, -0.2) is 41.8 Å². The van der Waals surface area contributed by atoms with Crippen LogP contribution in [-0.2, 0) is 16.6 Å². The van der Waals surface area contributed by atoms with Crippen molar-refractivity contribution < 1.29 is 9.84 Å². The third kappa shape index (κ3) is 2.77. The first kappa shape index (κ1) is 17.1. The van der Waals surface area contributed by atoms with E-state index >= 15 is 0 Å². The molecule has 3 nitrogen and oxygen atoms in total. The van der Waals surface area contributed by atoms with E-state index in [4.69, 9.17) is 4.74 Å². The maximum atomic E-state index is 9.90. The standard InChI is InChI=1S/C19H27NO2.ClH/c1-13-18-10-14-5-6-15(21)11-17(14)19(13,2)7-8-20(18)12-16-4-3-9-22-16;/h5-6,11,13,16,18,21H,3-4,7-10,12H2,1-2H3;1H/t13-,16+,18-,19-;/m0./s1. The van der Waals surface area contributed by atoms with Crippen LogP contribution in [0.1, 0.15) is 44.2 Å². The van der Waals surface area contributed by atoms with Crippen LogP contribution >= 0.6 is 12.4 Å². The molecular formula is C19H28ClNO2. The monoisotopic (exact) mass is 337 g/mol. The zero-order valence-electron chi connectivity index (χ0n) is 14.1. The van der Waals surface area contributed by atoms with Crippen molar-refractivity contribution in [2.45, 2.75) is 57.1 Å². The van der Waals surface area contributed by atoms with Gasteiger partial charge in [-0.3, -0.25) is 4.90 Å². The van der Waals surface area contributed by atoms with Gasteiger partial charge in [-0.25, -0.2) is 0 Å². The smallest absolute Gasteiger partial charge is 0.115 e. The second kappa shape index (κ2) is 6.27. The number of likely N-dealkylation sites (tertiary alicyclic amines) is 1. The Bertz CT molecular complexity index is 572. The van der Waals surface area contributed by atoms with Crippen molar-refractivity contribution in [3.8, 4) is 5.75 Å². The number of halogens is 1. The number of aromatic hydroxyl groups is 1. The fourth-order valence-corrected chi connectivity index (χ4v) is 4.97. The van der Waals surface area contributed by atoms with Gasteiger partial charge in [-0.15, -0.1) is 12.4 Å². The first-order chi connectivity index (χ1) is 10.6. The maximum absolute atomic E-state index is 9.90. The van der Waals surface area contributed by atoms with Gasteiger partial charge in [0.15, 0.2) is 0 Å². The highest BCUT2D eigenvalue weighted by molar-refractivity contribution is 5.85. The fourth-order valence-electron chi connectivity index (χ4n) is 4.97. The zero-order valence-corrected chi connectivity index (χ0v) is 14.9. The van der Waals surface area contributed by atoms with Crippen molar-refractivity contribution >= 4 is 12.4 Å². The first-order valence-corrected chi connectivity index (χ1v) is 8.76. The number of hydrogen-bond acceptors (Lipinski definition) is 3. The molecule has 2 bridgehead atoms. The summed E-state index contributed by atoms with van der Waals surface area (Å²) in [6.07, 6.45) is 5.17. The molecule has 1 aromatic rings. The SMILES string of the molecule is C[C@H]1[C@@H]2Cc3ccc(O)cc3[C@@]1(C)CCN2C[C@H]1CCCO1.Cl. The van der Waals surface area contributed by atoms with Crippen LogP contribution in [0.5, 0.6) is 5.75 Å². The van der Waals surface area contributed by atoms with Gasteiger partial charge in [-0.2, -0.15) is 0 Å². The number of ether oxygens (including phenoxy) is 1. The van der Waals surface area contributed by atoms with E-state index in [0.29, 0.717) is 23.8 Å². The van der Waals surface area contributed by atoms with E-state index in [-0.39, 0.29) is 17.8 Å². The second-order valence-corrected chi connectivity index (χ2v) is 7.70. The normalized spacial score (nSPS) is 36.3. The van der Waals surface area contributed by atoms with E-state index in [1.807, 2.05) is 12.1 Å². The van der Waals surface area contributed by atoms with Crippen molar-refractivity contribution in [2.75, 3.05) is 19.7 Å². The van der Waals surface area contributed by atoms with Gasteiger partial charge >= 0.3 is 0 Å². The van der Waals surface area contributed by atoms with Gasteiger partial charge in [0.2, 0.25) is 0 Å². The van der Waals surface area contributed by atoms with Crippen molar-refractivity contribution in [1.29, 1.82) is 0 Å². The number of phenols is 1. The Hall–Kier alpha value is -0.770. The van der Waals surface area contributed by atoms with Crippen molar-refractivity contribution in [3.63, 3.8) is 0 Å². The van der Waals surface area contributed by atoms with Crippen LogP contribution in [0, 0.1) is 5.92 Å². The third-order valence-corrected chi connectivity index (χ3v) is 6.57. The summed E-state index contributed by atoms with van der Waals surface area (Å²) in [5.41, 5.74) is 3.01. The fraction of sp³-hybridized carbons (Fsp3) is 0.684. The maximum Gasteiger partial charge on any atom is 0.115 e. The topological polar surface area (TPSA) is 32.7 Å². The summed E-state index contributed by atoms with van der Waals surface area (Å²) in [5, 5.41) is 9.90. The Balaban J connectivity index is 0.00000156. The Kier molecular flexibility index (Phi) is 4.65. The lowest BCUT2D eigenvalue weighted by atomic mass is 9.59. The highest BCUT2D eigenvalue weighted by Gasteiger charge is 2.48. The summed E-state index contributed by atoms with van der Waals surface area (Å²) >= 11 is 0. The number of hydrogen-bond donors (Lipinski definition) is 1. The lowest BCUT2D eigenvalue weighted by Crippen LogP contribution is -2.59. The lowest BCUT2D eigenvalue weighted by Gasteiger charge is -2.55. The molecule has 1 N–H and O–H groups in total. The number of fused-ring (bicyclic) bond motifs is 4.